The summed E-state index contributed by atoms with van der Waals surface area (Å²) in [5.74, 6) is 3.53. The molecule has 0 radical (unpaired) electrons. The lowest BCUT2D eigenvalue weighted by Crippen LogP contribution is -2.19. The summed E-state index contributed by atoms with van der Waals surface area (Å²) in [6.07, 6.45) is 9.37. The smallest absolute Gasteiger partial charge is 0.333 e. The maximum absolute atomic E-state index is 11.2. The lowest BCUT2D eigenvalue weighted by Gasteiger charge is -2.23. The zero-order chi connectivity index (χ0) is 13.4. The molecule has 1 saturated carbocycles. The molecule has 2 bridgehead atoms. The van der Waals surface area contributed by atoms with Gasteiger partial charge in [0.05, 0.1) is 5.76 Å². The van der Waals surface area contributed by atoms with Crippen molar-refractivity contribution in [3.8, 4) is 0 Å². The monoisotopic (exact) mass is 260 g/mol. The fourth-order valence-corrected chi connectivity index (χ4v) is 3.63. The van der Waals surface area contributed by atoms with Crippen LogP contribution in [0, 0.1) is 23.7 Å². The lowest BCUT2D eigenvalue weighted by molar-refractivity contribution is -0.140. The van der Waals surface area contributed by atoms with E-state index in [1.165, 1.54) is 6.42 Å². The molecule has 0 aromatic rings. The Morgan fingerprint density at radius 2 is 2.16 bits per heavy atom. The molecule has 0 amide bonds. The zero-order valence-electron chi connectivity index (χ0n) is 11.3. The number of esters is 1. The van der Waals surface area contributed by atoms with Crippen molar-refractivity contribution in [1.82, 2.24) is 0 Å². The maximum atomic E-state index is 11.2. The van der Waals surface area contributed by atoms with Crippen LogP contribution in [-0.4, -0.2) is 19.2 Å². The minimum Gasteiger partial charge on any atom is -0.494 e. The molecular weight excluding hydrogens is 240 g/mol. The Hall–Kier alpha value is -1.51. The third kappa shape index (κ3) is 2.22. The molecule has 0 spiro atoms. The first-order chi connectivity index (χ1) is 9.16. The highest BCUT2D eigenvalue weighted by Gasteiger charge is 2.48. The van der Waals surface area contributed by atoms with Gasteiger partial charge in [0.15, 0.2) is 0 Å². The Morgan fingerprint density at radius 3 is 2.95 bits per heavy atom. The number of hydrogen-bond donors (Lipinski definition) is 0. The van der Waals surface area contributed by atoms with Crippen LogP contribution in [0.1, 0.15) is 19.8 Å². The number of fused-ring (bicyclic) bond motifs is 5. The second-order valence-corrected chi connectivity index (χ2v) is 5.74. The van der Waals surface area contributed by atoms with Crippen LogP contribution in [0.25, 0.3) is 0 Å². The third-order valence-electron chi connectivity index (χ3n) is 4.48. The summed E-state index contributed by atoms with van der Waals surface area (Å²) >= 11 is 0. The van der Waals surface area contributed by atoms with Crippen LogP contribution < -0.4 is 0 Å². The molecule has 3 aliphatic carbocycles. The van der Waals surface area contributed by atoms with E-state index in [1.54, 1.807) is 6.92 Å². The van der Waals surface area contributed by atoms with Gasteiger partial charge in [-0.25, -0.2) is 4.79 Å². The summed E-state index contributed by atoms with van der Waals surface area (Å²) < 4.78 is 10.9. The van der Waals surface area contributed by atoms with Crippen LogP contribution in [-0.2, 0) is 14.3 Å². The Balaban J connectivity index is 1.46. The molecule has 4 atom stereocenters. The topological polar surface area (TPSA) is 35.5 Å². The van der Waals surface area contributed by atoms with Gasteiger partial charge in [0, 0.05) is 11.5 Å². The highest BCUT2D eigenvalue weighted by atomic mass is 16.6. The predicted molar refractivity (Wildman–Crippen MR) is 72.1 cm³/mol. The van der Waals surface area contributed by atoms with Gasteiger partial charge in [0.25, 0.3) is 0 Å². The number of allylic oxidation sites excluding steroid dienone is 4. The van der Waals surface area contributed by atoms with Gasteiger partial charge < -0.3 is 9.47 Å². The summed E-state index contributed by atoms with van der Waals surface area (Å²) in [5.41, 5.74) is 0.429. The van der Waals surface area contributed by atoms with Crippen molar-refractivity contribution in [2.24, 2.45) is 23.7 Å². The van der Waals surface area contributed by atoms with Crippen molar-refractivity contribution in [3.63, 3.8) is 0 Å². The van der Waals surface area contributed by atoms with Crippen LogP contribution in [0.15, 0.2) is 36.1 Å². The van der Waals surface area contributed by atoms with Crippen molar-refractivity contribution in [2.75, 3.05) is 13.2 Å². The molecular formula is C16H20O3. The van der Waals surface area contributed by atoms with Crippen LogP contribution >= 0.6 is 0 Å². The number of ether oxygens (including phenoxy) is 2. The fourth-order valence-electron chi connectivity index (χ4n) is 3.63. The first-order valence-electron chi connectivity index (χ1n) is 7.00. The van der Waals surface area contributed by atoms with Crippen molar-refractivity contribution < 1.29 is 14.3 Å². The van der Waals surface area contributed by atoms with Gasteiger partial charge >= 0.3 is 5.97 Å². The molecule has 0 aromatic heterocycles. The molecule has 4 unspecified atom stereocenters. The SMILES string of the molecule is C=C(C)C(=O)OCCOC1=CCC2C3C=CC(C3)C12. The molecule has 3 nitrogen and oxygen atoms in total. The van der Waals surface area contributed by atoms with Crippen LogP contribution in [0.2, 0.25) is 0 Å². The Bertz CT molecular complexity index is 461. The summed E-state index contributed by atoms with van der Waals surface area (Å²) in [4.78, 5) is 11.2. The highest BCUT2D eigenvalue weighted by molar-refractivity contribution is 5.86. The molecule has 3 aliphatic rings. The molecule has 0 saturated heterocycles. The molecule has 3 heteroatoms. The summed E-state index contributed by atoms with van der Waals surface area (Å²) in [7, 11) is 0. The van der Waals surface area contributed by atoms with Gasteiger partial charge in [0.1, 0.15) is 13.2 Å². The van der Waals surface area contributed by atoms with Crippen molar-refractivity contribution >= 4 is 5.97 Å². The minimum absolute atomic E-state index is 0.296. The van der Waals surface area contributed by atoms with Gasteiger partial charge in [-0.15, -0.1) is 0 Å². The fraction of sp³-hybridized carbons (Fsp3) is 0.562. The van der Waals surface area contributed by atoms with E-state index in [4.69, 9.17) is 9.47 Å². The Kier molecular flexibility index (Phi) is 3.21. The van der Waals surface area contributed by atoms with Gasteiger partial charge in [-0.3, -0.25) is 0 Å². The van der Waals surface area contributed by atoms with E-state index in [0.717, 1.165) is 24.0 Å². The van der Waals surface area contributed by atoms with Gasteiger partial charge in [-0.1, -0.05) is 18.7 Å². The van der Waals surface area contributed by atoms with Crippen molar-refractivity contribution in [3.05, 3.63) is 36.1 Å². The Labute approximate surface area is 114 Å². The standard InChI is InChI=1S/C16H20O3/c1-10(2)16(17)19-8-7-18-14-6-5-13-11-3-4-12(9-11)15(13)14/h3-4,6,11-13,15H,1,5,7-9H2,2H3. The Morgan fingerprint density at radius 1 is 1.37 bits per heavy atom. The largest absolute Gasteiger partial charge is 0.494 e. The van der Waals surface area contributed by atoms with Crippen molar-refractivity contribution in [2.45, 2.75) is 19.8 Å². The van der Waals surface area contributed by atoms with E-state index in [0.29, 0.717) is 30.6 Å². The molecule has 0 N–H and O–H groups in total. The first kappa shape index (κ1) is 12.5. The van der Waals surface area contributed by atoms with E-state index in [2.05, 4.69) is 24.8 Å². The first-order valence-corrected chi connectivity index (χ1v) is 7.00. The van der Waals surface area contributed by atoms with Gasteiger partial charge in [0.2, 0.25) is 0 Å². The van der Waals surface area contributed by atoms with E-state index >= 15 is 0 Å². The number of hydrogen-bond acceptors (Lipinski definition) is 3. The van der Waals surface area contributed by atoms with Crippen LogP contribution in [0.4, 0.5) is 0 Å². The minimum atomic E-state index is -0.343. The summed E-state index contributed by atoms with van der Waals surface area (Å²) in [6.45, 7) is 5.93. The third-order valence-corrected chi connectivity index (χ3v) is 4.48. The normalized spacial score (nSPS) is 34.1. The van der Waals surface area contributed by atoms with E-state index in [9.17, 15) is 4.79 Å². The quantitative estimate of drug-likeness (QED) is 0.330. The highest BCUT2D eigenvalue weighted by Crippen LogP contribution is 2.55. The molecule has 0 heterocycles. The molecule has 3 rings (SSSR count). The zero-order valence-corrected chi connectivity index (χ0v) is 11.3. The van der Waals surface area contributed by atoms with Gasteiger partial charge in [-0.05, 0) is 43.6 Å². The van der Waals surface area contributed by atoms with Crippen molar-refractivity contribution in [1.29, 1.82) is 0 Å². The number of carbonyl (C=O) groups excluding carboxylic acids is 1. The molecule has 0 aromatic carbocycles. The van der Waals surface area contributed by atoms with E-state index in [1.807, 2.05) is 0 Å². The summed E-state index contributed by atoms with van der Waals surface area (Å²) in [6, 6.07) is 0. The average molecular weight is 260 g/mol. The molecule has 19 heavy (non-hydrogen) atoms. The second-order valence-electron chi connectivity index (χ2n) is 5.74. The summed E-state index contributed by atoms with van der Waals surface area (Å²) in [5, 5.41) is 0. The van der Waals surface area contributed by atoms with Crippen LogP contribution in [0.3, 0.4) is 0 Å². The second kappa shape index (κ2) is 4.87. The maximum Gasteiger partial charge on any atom is 0.333 e. The predicted octanol–water partition coefficient (Wildman–Crippen LogP) is 2.85. The number of rotatable bonds is 5. The van der Waals surface area contributed by atoms with E-state index < -0.39 is 0 Å². The number of carbonyl (C=O) groups is 1. The molecule has 102 valence electrons. The molecule has 1 fully saturated rings. The van der Waals surface area contributed by atoms with Gasteiger partial charge in [-0.2, -0.15) is 0 Å². The average Bonchev–Trinajstić information content (AvgIpc) is 3.06. The van der Waals surface area contributed by atoms with E-state index in [-0.39, 0.29) is 5.97 Å². The van der Waals surface area contributed by atoms with Crippen LogP contribution in [0.5, 0.6) is 0 Å². The molecule has 0 aliphatic heterocycles. The lowest BCUT2D eigenvalue weighted by atomic mass is 9.85.